The van der Waals surface area contributed by atoms with Crippen LogP contribution in [0.25, 0.3) is 0 Å². The molecule has 0 fully saturated rings. The summed E-state index contributed by atoms with van der Waals surface area (Å²) in [5, 5.41) is 12.0. The van der Waals surface area contributed by atoms with Gasteiger partial charge in [-0.25, -0.2) is 0 Å². The molecule has 0 radical (unpaired) electrons. The van der Waals surface area contributed by atoms with E-state index in [-0.39, 0.29) is 12.1 Å². The average molecular weight is 351 g/mol. The highest BCUT2D eigenvalue weighted by Gasteiger charge is 2.41. The van der Waals surface area contributed by atoms with Crippen LogP contribution in [0.1, 0.15) is 20.8 Å². The lowest BCUT2D eigenvalue weighted by molar-refractivity contribution is 0.0937. The zero-order valence-electron chi connectivity index (χ0n) is 13.8. The lowest BCUT2D eigenvalue weighted by atomic mass is 9.96. The second kappa shape index (κ2) is 7.21. The molecule has 2 unspecified atom stereocenters. The highest BCUT2D eigenvalue weighted by Crippen LogP contribution is 2.49. The summed E-state index contributed by atoms with van der Waals surface area (Å²) in [5.74, 6) is -0.00232. The molecule has 0 aliphatic heterocycles. The van der Waals surface area contributed by atoms with E-state index in [1.165, 1.54) is 0 Å². The molecule has 0 saturated heterocycles. The van der Waals surface area contributed by atoms with Crippen LogP contribution in [0.15, 0.2) is 60.7 Å². The van der Waals surface area contributed by atoms with Crippen LogP contribution in [0.3, 0.4) is 0 Å². The molecule has 124 valence electrons. The maximum atomic E-state index is 14.0. The van der Waals surface area contributed by atoms with Gasteiger partial charge in [0.15, 0.2) is 0 Å². The molecule has 0 saturated carbocycles. The number of hydrogen-bond acceptors (Lipinski definition) is 2. The van der Waals surface area contributed by atoms with Crippen LogP contribution >= 0.6 is 18.7 Å². The van der Waals surface area contributed by atoms with Gasteiger partial charge in [0, 0.05) is 16.8 Å². The van der Waals surface area contributed by atoms with Crippen LogP contribution in [0.5, 0.6) is 0 Å². The molecule has 0 amide bonds. The second-order valence-corrected chi connectivity index (χ2v) is 10.2. The smallest absolute Gasteiger partial charge is 0.145 e. The van der Waals surface area contributed by atoms with Gasteiger partial charge in [0.1, 0.15) is 7.14 Å². The Morgan fingerprint density at radius 1 is 1.00 bits per heavy atom. The molecular weight excluding hydrogens is 327 g/mol. The predicted molar refractivity (Wildman–Crippen MR) is 99.7 cm³/mol. The van der Waals surface area contributed by atoms with E-state index in [9.17, 15) is 9.67 Å². The Morgan fingerprint density at radius 2 is 1.39 bits per heavy atom. The van der Waals surface area contributed by atoms with E-state index in [2.05, 4.69) is 0 Å². The van der Waals surface area contributed by atoms with Gasteiger partial charge in [-0.15, -0.1) is 11.6 Å². The van der Waals surface area contributed by atoms with Gasteiger partial charge >= 0.3 is 0 Å². The van der Waals surface area contributed by atoms with Gasteiger partial charge in [-0.3, -0.25) is 0 Å². The second-order valence-electron chi connectivity index (χ2n) is 6.54. The molecule has 2 aromatic rings. The Bertz CT molecular complexity index is 625. The Kier molecular flexibility index (Phi) is 5.73. The van der Waals surface area contributed by atoms with Crippen molar-refractivity contribution in [2.75, 3.05) is 6.16 Å². The largest absolute Gasteiger partial charge is 0.391 e. The maximum Gasteiger partial charge on any atom is 0.145 e. The van der Waals surface area contributed by atoms with Gasteiger partial charge in [0.25, 0.3) is 0 Å². The van der Waals surface area contributed by atoms with Gasteiger partial charge in [-0.05, 0) is 12.8 Å². The fourth-order valence-corrected chi connectivity index (χ4v) is 6.68. The average Bonchev–Trinajstić information content (AvgIpc) is 2.55. The van der Waals surface area contributed by atoms with Crippen molar-refractivity contribution in [1.29, 1.82) is 0 Å². The Morgan fingerprint density at radius 3 is 1.74 bits per heavy atom. The molecule has 2 atom stereocenters. The van der Waals surface area contributed by atoms with Gasteiger partial charge in [-0.2, -0.15) is 0 Å². The third-order valence-corrected chi connectivity index (χ3v) is 8.04. The number of hydrogen-bond donors (Lipinski definition) is 1. The number of rotatable bonds is 6. The highest BCUT2D eigenvalue weighted by molar-refractivity contribution is 7.78. The molecule has 0 aliphatic rings. The maximum absolute atomic E-state index is 14.0. The first-order valence-corrected chi connectivity index (χ1v) is 10.1. The fourth-order valence-electron chi connectivity index (χ4n) is 2.89. The third kappa shape index (κ3) is 4.07. The lowest BCUT2D eigenvalue weighted by Gasteiger charge is -2.34. The van der Waals surface area contributed by atoms with E-state index in [0.717, 1.165) is 10.6 Å². The van der Waals surface area contributed by atoms with Crippen molar-refractivity contribution in [3.05, 3.63) is 60.7 Å². The lowest BCUT2D eigenvalue weighted by Crippen LogP contribution is -2.42. The number of halogens is 1. The first-order valence-electron chi connectivity index (χ1n) is 7.84. The summed E-state index contributed by atoms with van der Waals surface area (Å²) in [7, 11) is -2.93. The normalized spacial score (nSPS) is 16.1. The first-order chi connectivity index (χ1) is 10.8. The molecule has 0 heterocycles. The monoisotopic (exact) mass is 350 g/mol. The van der Waals surface area contributed by atoms with E-state index >= 15 is 0 Å². The minimum atomic E-state index is -2.93. The first kappa shape index (κ1) is 18.3. The zero-order chi connectivity index (χ0) is 17.1. The minimum Gasteiger partial charge on any atom is -0.391 e. The Labute approximate surface area is 143 Å². The molecule has 2 nitrogen and oxygen atoms in total. The zero-order valence-corrected chi connectivity index (χ0v) is 15.5. The van der Waals surface area contributed by atoms with Crippen molar-refractivity contribution in [2.24, 2.45) is 5.92 Å². The van der Waals surface area contributed by atoms with Gasteiger partial charge in [-0.1, -0.05) is 74.5 Å². The summed E-state index contributed by atoms with van der Waals surface area (Å²) in [6, 6.07) is 18.9. The topological polar surface area (TPSA) is 37.3 Å². The number of aliphatic hydroxyl groups excluding tert-OH is 1. The molecule has 2 aromatic carbocycles. The third-order valence-electron chi connectivity index (χ3n) is 4.13. The molecule has 23 heavy (non-hydrogen) atoms. The van der Waals surface area contributed by atoms with E-state index in [1.807, 2.05) is 74.5 Å². The SMILES string of the molecule is CC(C)C(O)C(C)(Cl)CP(=O)(c1ccccc1)c1ccccc1. The van der Waals surface area contributed by atoms with E-state index in [1.54, 1.807) is 6.92 Å². The number of aliphatic hydroxyl groups is 1. The Hall–Kier alpha value is -1.08. The van der Waals surface area contributed by atoms with Crippen LogP contribution in [0.4, 0.5) is 0 Å². The van der Waals surface area contributed by atoms with Crippen molar-refractivity contribution in [2.45, 2.75) is 31.7 Å². The molecule has 0 spiro atoms. The number of alkyl halides is 1. The summed E-state index contributed by atoms with van der Waals surface area (Å²) < 4.78 is 14.0. The molecule has 1 N–H and O–H groups in total. The van der Waals surface area contributed by atoms with Gasteiger partial charge in [0.05, 0.1) is 11.0 Å². The van der Waals surface area contributed by atoms with Crippen LogP contribution in [-0.4, -0.2) is 22.2 Å². The predicted octanol–water partition coefficient (Wildman–Crippen LogP) is 4.01. The van der Waals surface area contributed by atoms with Crippen LogP contribution in [-0.2, 0) is 4.57 Å². The van der Waals surface area contributed by atoms with Crippen molar-refractivity contribution >= 4 is 29.4 Å². The molecular formula is C19H24ClO2P. The van der Waals surface area contributed by atoms with Crippen molar-refractivity contribution in [1.82, 2.24) is 0 Å². The van der Waals surface area contributed by atoms with Crippen LogP contribution in [0.2, 0.25) is 0 Å². The Balaban J connectivity index is 2.50. The summed E-state index contributed by atoms with van der Waals surface area (Å²) in [5.41, 5.74) is 0. The van der Waals surface area contributed by atoms with Crippen LogP contribution in [0, 0.1) is 5.92 Å². The van der Waals surface area contributed by atoms with E-state index in [4.69, 9.17) is 11.6 Å². The molecule has 4 heteroatoms. The standard InChI is InChI=1S/C19H24ClO2P/c1-15(2)18(21)19(3,20)14-23(22,16-10-6-4-7-11-16)17-12-8-5-9-13-17/h4-13,15,18,21H,14H2,1-3H3. The summed E-state index contributed by atoms with van der Waals surface area (Å²) in [6.07, 6.45) is -0.514. The number of benzene rings is 2. The molecule has 0 bridgehead atoms. The molecule has 0 aliphatic carbocycles. The quantitative estimate of drug-likeness (QED) is 0.631. The van der Waals surface area contributed by atoms with Crippen molar-refractivity contribution in [3.8, 4) is 0 Å². The minimum absolute atomic E-state index is 0.00232. The molecule has 2 rings (SSSR count). The fraction of sp³-hybridized carbons (Fsp3) is 0.368. The summed E-state index contributed by atoms with van der Waals surface area (Å²) in [4.78, 5) is -0.963. The highest BCUT2D eigenvalue weighted by atomic mass is 35.5. The van der Waals surface area contributed by atoms with Crippen molar-refractivity contribution in [3.63, 3.8) is 0 Å². The summed E-state index contributed by atoms with van der Waals surface area (Å²) >= 11 is 6.64. The summed E-state index contributed by atoms with van der Waals surface area (Å²) in [6.45, 7) is 5.61. The van der Waals surface area contributed by atoms with Crippen molar-refractivity contribution < 1.29 is 9.67 Å². The van der Waals surface area contributed by atoms with Crippen LogP contribution < -0.4 is 10.6 Å². The van der Waals surface area contributed by atoms with E-state index in [0.29, 0.717) is 0 Å². The van der Waals surface area contributed by atoms with E-state index < -0.39 is 18.1 Å². The van der Waals surface area contributed by atoms with Gasteiger partial charge in [0.2, 0.25) is 0 Å². The molecule has 0 aromatic heterocycles. The van der Waals surface area contributed by atoms with Gasteiger partial charge < -0.3 is 9.67 Å².